The molecule has 0 aliphatic carbocycles. The van der Waals surface area contributed by atoms with Gasteiger partial charge in [-0.1, -0.05) is 13.0 Å². The highest BCUT2D eigenvalue weighted by atomic mass is 16.5. The second-order valence-electron chi connectivity index (χ2n) is 4.49. The van der Waals surface area contributed by atoms with Gasteiger partial charge >= 0.3 is 0 Å². The summed E-state index contributed by atoms with van der Waals surface area (Å²) in [5.41, 5.74) is 7.85. The standard InChI is InChI=1S/C12H17NO2/c1-8-3-4-9(14)11-10(8)12(2,5-6-13)7-15-11/h3-4,14H,5-7,13H2,1-2H3. The molecule has 0 saturated heterocycles. The van der Waals surface area contributed by atoms with Crippen molar-refractivity contribution in [2.24, 2.45) is 5.73 Å². The van der Waals surface area contributed by atoms with Gasteiger partial charge in [0.2, 0.25) is 0 Å². The molecule has 0 fully saturated rings. The lowest BCUT2D eigenvalue weighted by molar-refractivity contribution is 0.263. The van der Waals surface area contributed by atoms with E-state index < -0.39 is 0 Å². The molecule has 0 saturated carbocycles. The number of rotatable bonds is 2. The summed E-state index contributed by atoms with van der Waals surface area (Å²) in [4.78, 5) is 0. The zero-order chi connectivity index (χ0) is 11.1. The number of phenolic OH excluding ortho intramolecular Hbond substituents is 1. The molecule has 0 amide bonds. The molecule has 0 spiro atoms. The Morgan fingerprint density at radius 2 is 2.27 bits per heavy atom. The summed E-state index contributed by atoms with van der Waals surface area (Å²) in [6.07, 6.45) is 0.879. The first-order chi connectivity index (χ1) is 7.08. The monoisotopic (exact) mass is 207 g/mol. The number of benzene rings is 1. The van der Waals surface area contributed by atoms with E-state index in [4.69, 9.17) is 10.5 Å². The summed E-state index contributed by atoms with van der Waals surface area (Å²) in [5, 5.41) is 9.70. The van der Waals surface area contributed by atoms with Gasteiger partial charge in [0.15, 0.2) is 11.5 Å². The molecule has 1 unspecified atom stereocenters. The van der Waals surface area contributed by atoms with Crippen LogP contribution in [0.1, 0.15) is 24.5 Å². The summed E-state index contributed by atoms with van der Waals surface area (Å²) >= 11 is 0. The van der Waals surface area contributed by atoms with E-state index in [0.29, 0.717) is 18.9 Å². The topological polar surface area (TPSA) is 55.5 Å². The largest absolute Gasteiger partial charge is 0.504 e. The lowest BCUT2D eigenvalue weighted by Gasteiger charge is -2.23. The Balaban J connectivity index is 2.54. The van der Waals surface area contributed by atoms with Crippen molar-refractivity contribution in [3.63, 3.8) is 0 Å². The first kappa shape index (κ1) is 10.3. The summed E-state index contributed by atoms with van der Waals surface area (Å²) in [5.74, 6) is 0.877. The molecule has 0 aromatic heterocycles. The van der Waals surface area contributed by atoms with Crippen LogP contribution in [0.3, 0.4) is 0 Å². The maximum Gasteiger partial charge on any atom is 0.165 e. The van der Waals surface area contributed by atoms with E-state index in [-0.39, 0.29) is 11.2 Å². The smallest absolute Gasteiger partial charge is 0.165 e. The molecule has 82 valence electrons. The van der Waals surface area contributed by atoms with Crippen LogP contribution < -0.4 is 10.5 Å². The van der Waals surface area contributed by atoms with Crippen LogP contribution in [0.5, 0.6) is 11.5 Å². The predicted molar refractivity (Wildman–Crippen MR) is 59.4 cm³/mol. The molecule has 0 bridgehead atoms. The number of ether oxygens (including phenoxy) is 1. The summed E-state index contributed by atoms with van der Waals surface area (Å²) in [7, 11) is 0. The first-order valence-electron chi connectivity index (χ1n) is 5.24. The highest BCUT2D eigenvalue weighted by Gasteiger charge is 2.38. The third-order valence-electron chi connectivity index (χ3n) is 3.18. The van der Waals surface area contributed by atoms with Crippen LogP contribution in [0.2, 0.25) is 0 Å². The lowest BCUT2D eigenvalue weighted by Crippen LogP contribution is -2.27. The fourth-order valence-electron chi connectivity index (χ4n) is 2.39. The average molecular weight is 207 g/mol. The van der Waals surface area contributed by atoms with Crippen LogP contribution >= 0.6 is 0 Å². The molecule has 15 heavy (non-hydrogen) atoms. The third-order valence-corrected chi connectivity index (χ3v) is 3.18. The number of hydrogen-bond acceptors (Lipinski definition) is 3. The number of hydrogen-bond donors (Lipinski definition) is 2. The van der Waals surface area contributed by atoms with Crippen LogP contribution in [0.15, 0.2) is 12.1 Å². The number of fused-ring (bicyclic) bond motifs is 1. The van der Waals surface area contributed by atoms with Gasteiger partial charge in [-0.15, -0.1) is 0 Å². The van der Waals surface area contributed by atoms with Gasteiger partial charge in [0.1, 0.15) is 0 Å². The van der Waals surface area contributed by atoms with Crippen molar-refractivity contribution in [3.05, 3.63) is 23.3 Å². The molecule has 3 N–H and O–H groups in total. The zero-order valence-corrected chi connectivity index (χ0v) is 9.21. The Morgan fingerprint density at radius 1 is 1.53 bits per heavy atom. The van der Waals surface area contributed by atoms with Gasteiger partial charge < -0.3 is 15.6 Å². The molecule has 1 aromatic carbocycles. The fraction of sp³-hybridized carbons (Fsp3) is 0.500. The molecule has 1 heterocycles. The Kier molecular flexibility index (Phi) is 2.35. The molecule has 0 radical (unpaired) electrons. The fourth-order valence-corrected chi connectivity index (χ4v) is 2.39. The van der Waals surface area contributed by atoms with E-state index in [0.717, 1.165) is 17.5 Å². The van der Waals surface area contributed by atoms with E-state index >= 15 is 0 Å². The highest BCUT2D eigenvalue weighted by molar-refractivity contribution is 5.55. The van der Waals surface area contributed by atoms with E-state index in [2.05, 4.69) is 6.92 Å². The molecular weight excluding hydrogens is 190 g/mol. The van der Waals surface area contributed by atoms with Gasteiger partial charge in [0.25, 0.3) is 0 Å². The van der Waals surface area contributed by atoms with Gasteiger partial charge in [0.05, 0.1) is 6.61 Å². The molecule has 3 nitrogen and oxygen atoms in total. The number of nitrogens with two attached hydrogens (primary N) is 1. The van der Waals surface area contributed by atoms with Gasteiger partial charge in [-0.3, -0.25) is 0 Å². The van der Waals surface area contributed by atoms with Gasteiger partial charge in [0, 0.05) is 11.0 Å². The normalized spacial score (nSPS) is 23.7. The summed E-state index contributed by atoms with van der Waals surface area (Å²) in [6, 6.07) is 3.61. The number of aromatic hydroxyl groups is 1. The van der Waals surface area contributed by atoms with Crippen molar-refractivity contribution in [2.45, 2.75) is 25.7 Å². The van der Waals surface area contributed by atoms with Crippen molar-refractivity contribution in [1.82, 2.24) is 0 Å². The Morgan fingerprint density at radius 3 is 2.93 bits per heavy atom. The first-order valence-corrected chi connectivity index (χ1v) is 5.24. The van der Waals surface area contributed by atoms with Crippen molar-refractivity contribution in [3.8, 4) is 11.5 Å². The van der Waals surface area contributed by atoms with E-state index in [1.165, 1.54) is 0 Å². The minimum absolute atomic E-state index is 0.0487. The summed E-state index contributed by atoms with van der Waals surface area (Å²) in [6.45, 7) is 5.42. The molecule has 1 aliphatic heterocycles. The molecule has 1 aromatic rings. The van der Waals surface area contributed by atoms with E-state index in [1.807, 2.05) is 13.0 Å². The zero-order valence-electron chi connectivity index (χ0n) is 9.21. The predicted octanol–water partition coefficient (Wildman–Crippen LogP) is 1.70. The Labute approximate surface area is 89.9 Å². The second-order valence-corrected chi connectivity index (χ2v) is 4.49. The minimum Gasteiger partial charge on any atom is -0.504 e. The van der Waals surface area contributed by atoms with Crippen LogP contribution in [0, 0.1) is 6.92 Å². The van der Waals surface area contributed by atoms with Gasteiger partial charge in [-0.05, 0) is 31.5 Å². The van der Waals surface area contributed by atoms with E-state index in [9.17, 15) is 5.11 Å². The lowest BCUT2D eigenvalue weighted by atomic mass is 9.79. The molecule has 3 heteroatoms. The minimum atomic E-state index is -0.0487. The van der Waals surface area contributed by atoms with Crippen molar-refractivity contribution in [2.75, 3.05) is 13.2 Å². The van der Waals surface area contributed by atoms with Crippen LogP contribution in [-0.4, -0.2) is 18.3 Å². The van der Waals surface area contributed by atoms with Crippen LogP contribution in [-0.2, 0) is 5.41 Å². The van der Waals surface area contributed by atoms with Crippen molar-refractivity contribution in [1.29, 1.82) is 0 Å². The highest BCUT2D eigenvalue weighted by Crippen LogP contribution is 2.47. The maximum absolute atomic E-state index is 9.70. The maximum atomic E-state index is 9.70. The quantitative estimate of drug-likeness (QED) is 0.776. The van der Waals surface area contributed by atoms with Crippen molar-refractivity contribution < 1.29 is 9.84 Å². The average Bonchev–Trinajstić information content (AvgIpc) is 2.52. The van der Waals surface area contributed by atoms with Crippen LogP contribution in [0.25, 0.3) is 0 Å². The second kappa shape index (κ2) is 3.42. The molecule has 1 aliphatic rings. The number of aryl methyl sites for hydroxylation is 1. The van der Waals surface area contributed by atoms with Crippen molar-refractivity contribution >= 4 is 0 Å². The SMILES string of the molecule is Cc1ccc(O)c2c1C(C)(CCN)CO2. The number of phenols is 1. The summed E-state index contributed by atoms with van der Waals surface area (Å²) < 4.78 is 5.57. The Hall–Kier alpha value is -1.22. The molecular formula is C12H17NO2. The van der Waals surface area contributed by atoms with E-state index in [1.54, 1.807) is 6.07 Å². The Bertz CT molecular complexity index is 389. The molecule has 2 rings (SSSR count). The van der Waals surface area contributed by atoms with Gasteiger partial charge in [-0.2, -0.15) is 0 Å². The molecule has 1 atom stereocenters. The third kappa shape index (κ3) is 1.47. The van der Waals surface area contributed by atoms with Crippen LogP contribution in [0.4, 0.5) is 0 Å². The van der Waals surface area contributed by atoms with Gasteiger partial charge in [-0.25, -0.2) is 0 Å².